The zero-order valence-corrected chi connectivity index (χ0v) is 21.6. The van der Waals surface area contributed by atoms with Crippen molar-refractivity contribution in [1.82, 2.24) is 24.9 Å². The molecule has 8 nitrogen and oxygen atoms in total. The first kappa shape index (κ1) is 24.2. The number of pyridine rings is 1. The molecule has 192 valence electrons. The Morgan fingerprint density at radius 1 is 0.974 bits per heavy atom. The fourth-order valence-electron chi connectivity index (χ4n) is 5.19. The molecular weight excluding hydrogens is 472 g/mol. The highest BCUT2D eigenvalue weighted by Gasteiger charge is 2.24. The van der Waals surface area contributed by atoms with Gasteiger partial charge in [0.25, 0.3) is 0 Å². The Hall–Kier alpha value is -4.14. The van der Waals surface area contributed by atoms with E-state index in [1.54, 1.807) is 12.4 Å². The molecule has 0 bridgehead atoms. The molecule has 8 heteroatoms. The van der Waals surface area contributed by atoms with Crippen LogP contribution in [0.1, 0.15) is 36.0 Å². The van der Waals surface area contributed by atoms with E-state index in [9.17, 15) is 0 Å². The summed E-state index contributed by atoms with van der Waals surface area (Å²) < 4.78 is 1.83. The summed E-state index contributed by atoms with van der Waals surface area (Å²) in [6, 6.07) is 18.8. The van der Waals surface area contributed by atoms with Gasteiger partial charge in [0.15, 0.2) is 6.29 Å². The summed E-state index contributed by atoms with van der Waals surface area (Å²) in [6.07, 6.45) is 12.7. The van der Waals surface area contributed by atoms with Crippen molar-refractivity contribution in [3.63, 3.8) is 0 Å². The molecule has 1 fully saturated rings. The van der Waals surface area contributed by atoms with Gasteiger partial charge in [-0.15, -0.1) is 5.10 Å². The molecule has 38 heavy (non-hydrogen) atoms. The second kappa shape index (κ2) is 10.7. The Morgan fingerprint density at radius 3 is 2.61 bits per heavy atom. The average Bonchev–Trinajstić information content (AvgIpc) is 3.45. The highest BCUT2D eigenvalue weighted by atomic mass is 15.4. The first-order valence-electron chi connectivity index (χ1n) is 13.2. The van der Waals surface area contributed by atoms with Crippen molar-refractivity contribution in [2.45, 2.75) is 39.0 Å². The van der Waals surface area contributed by atoms with Crippen molar-refractivity contribution >= 4 is 17.6 Å². The number of aryl methyl sites for hydroxylation is 1. The first-order chi connectivity index (χ1) is 18.7. The fourth-order valence-corrected chi connectivity index (χ4v) is 5.19. The van der Waals surface area contributed by atoms with Crippen LogP contribution in [0.2, 0.25) is 0 Å². The molecular formula is C30H32N8. The molecule has 4 aromatic rings. The van der Waals surface area contributed by atoms with Crippen LogP contribution in [0.5, 0.6) is 0 Å². The van der Waals surface area contributed by atoms with E-state index in [0.717, 1.165) is 46.0 Å². The highest BCUT2D eigenvalue weighted by Crippen LogP contribution is 2.34. The van der Waals surface area contributed by atoms with E-state index in [2.05, 4.69) is 74.6 Å². The van der Waals surface area contributed by atoms with Gasteiger partial charge in [-0.3, -0.25) is 20.6 Å². The van der Waals surface area contributed by atoms with Crippen LogP contribution in [-0.4, -0.2) is 50.5 Å². The Labute approximate surface area is 223 Å². The second-order valence-electron chi connectivity index (χ2n) is 9.93. The number of hydrogen-bond donors (Lipinski definition) is 1. The molecule has 0 radical (unpaired) electrons. The number of benzene rings is 2. The Morgan fingerprint density at radius 2 is 1.82 bits per heavy atom. The summed E-state index contributed by atoms with van der Waals surface area (Å²) in [5.74, 6) is 0. The molecule has 2 aliphatic rings. The number of hydrogen-bond acceptors (Lipinski definition) is 7. The Balaban J connectivity index is 1.25. The number of nitrogens with zero attached hydrogens (tertiary/aromatic N) is 7. The highest BCUT2D eigenvalue weighted by molar-refractivity contribution is 5.93. The summed E-state index contributed by atoms with van der Waals surface area (Å²) in [5.41, 5.74) is 14.6. The molecule has 1 atom stereocenters. The number of likely N-dealkylation sites (tertiary alicyclic amines) is 1. The molecule has 0 spiro atoms. The van der Waals surface area contributed by atoms with Crippen LogP contribution in [0.15, 0.2) is 84.3 Å². The number of allylic oxidation sites excluding steroid dienone is 1. The number of aliphatic imine (C=N–C) groups is 1. The van der Waals surface area contributed by atoms with Gasteiger partial charge in [-0.25, -0.2) is 4.68 Å². The van der Waals surface area contributed by atoms with Crippen molar-refractivity contribution in [2.24, 2.45) is 10.7 Å². The van der Waals surface area contributed by atoms with E-state index in [1.807, 2.05) is 40.2 Å². The van der Waals surface area contributed by atoms with Crippen molar-refractivity contribution < 1.29 is 0 Å². The number of rotatable bonds is 6. The summed E-state index contributed by atoms with van der Waals surface area (Å²) in [5, 5.41) is 8.92. The van der Waals surface area contributed by atoms with E-state index >= 15 is 0 Å². The van der Waals surface area contributed by atoms with E-state index < -0.39 is 6.29 Å². The quantitative estimate of drug-likeness (QED) is 0.406. The van der Waals surface area contributed by atoms with Gasteiger partial charge in [0, 0.05) is 42.0 Å². The molecule has 4 heterocycles. The number of piperidine rings is 1. The molecule has 1 saturated heterocycles. The third kappa shape index (κ3) is 5.01. The van der Waals surface area contributed by atoms with Crippen LogP contribution in [0.4, 0.5) is 5.69 Å². The predicted molar refractivity (Wildman–Crippen MR) is 152 cm³/mol. The topological polar surface area (TPSA) is 88.5 Å². The van der Waals surface area contributed by atoms with Crippen LogP contribution < -0.4 is 10.6 Å². The van der Waals surface area contributed by atoms with Gasteiger partial charge >= 0.3 is 0 Å². The van der Waals surface area contributed by atoms with Crippen LogP contribution in [-0.2, 0) is 6.54 Å². The zero-order valence-electron chi connectivity index (χ0n) is 21.6. The molecule has 2 N–H and O–H groups in total. The van der Waals surface area contributed by atoms with Gasteiger partial charge in [-0.05, 0) is 80.4 Å². The third-order valence-electron chi connectivity index (χ3n) is 7.27. The lowest BCUT2D eigenvalue weighted by Crippen LogP contribution is -2.41. The van der Waals surface area contributed by atoms with Gasteiger partial charge in [-0.1, -0.05) is 35.9 Å². The molecule has 0 aliphatic carbocycles. The summed E-state index contributed by atoms with van der Waals surface area (Å²) in [7, 11) is 0. The van der Waals surface area contributed by atoms with Crippen molar-refractivity contribution in [3.8, 4) is 16.9 Å². The van der Waals surface area contributed by atoms with Crippen LogP contribution in [0.25, 0.3) is 22.6 Å². The van der Waals surface area contributed by atoms with Crippen LogP contribution >= 0.6 is 0 Å². The lowest BCUT2D eigenvalue weighted by atomic mass is 10.0. The Kier molecular flexibility index (Phi) is 6.81. The van der Waals surface area contributed by atoms with Crippen molar-refractivity contribution in [2.75, 3.05) is 18.0 Å². The van der Waals surface area contributed by atoms with Gasteiger partial charge in [0.05, 0.1) is 17.6 Å². The second-order valence-corrected chi connectivity index (χ2v) is 9.93. The number of nitrogens with two attached hydrogens (primary N) is 1. The lowest BCUT2D eigenvalue weighted by Gasteiger charge is -2.34. The maximum absolute atomic E-state index is 6.48. The maximum atomic E-state index is 6.48. The van der Waals surface area contributed by atoms with Crippen molar-refractivity contribution in [3.05, 3.63) is 96.0 Å². The average molecular weight is 505 g/mol. The van der Waals surface area contributed by atoms with Gasteiger partial charge < -0.3 is 4.90 Å². The number of anilines is 1. The van der Waals surface area contributed by atoms with E-state index in [-0.39, 0.29) is 0 Å². The largest absolute Gasteiger partial charge is 0.306 e. The van der Waals surface area contributed by atoms with Crippen LogP contribution in [0, 0.1) is 6.92 Å². The minimum atomic E-state index is -0.539. The molecule has 2 aromatic carbocycles. The first-order valence-corrected chi connectivity index (χ1v) is 13.2. The summed E-state index contributed by atoms with van der Waals surface area (Å²) in [4.78, 5) is 13.3. The SMILES string of the molecule is Cc1ccc(-c2cn(-c3ccc(CN4CCCCC4)cc3)nn2)cc1N1C(c2cccnc2)=CC=NC1N. The molecule has 2 aromatic heterocycles. The molecule has 2 aliphatic heterocycles. The third-order valence-corrected chi connectivity index (χ3v) is 7.27. The minimum absolute atomic E-state index is 0.539. The minimum Gasteiger partial charge on any atom is -0.306 e. The molecule has 0 saturated carbocycles. The van der Waals surface area contributed by atoms with E-state index in [4.69, 9.17) is 5.73 Å². The Bertz CT molecular complexity index is 1450. The molecule has 6 rings (SSSR count). The van der Waals surface area contributed by atoms with Gasteiger partial charge in [0.1, 0.15) is 5.69 Å². The molecule has 0 amide bonds. The van der Waals surface area contributed by atoms with Crippen LogP contribution in [0.3, 0.4) is 0 Å². The molecule has 1 unspecified atom stereocenters. The van der Waals surface area contributed by atoms with Gasteiger partial charge in [-0.2, -0.15) is 0 Å². The summed E-state index contributed by atoms with van der Waals surface area (Å²) in [6.45, 7) is 5.47. The standard InChI is InChI=1S/C30H32N8/c1-22-7-10-24(18-29(22)38-28(13-15-33-30(38)31)25-6-5-14-32-19-25)27-21-37(35-34-27)26-11-8-23(9-12-26)20-36-16-3-2-4-17-36/h5-15,18-19,21,30H,2-4,16-17,20,31H2,1H3. The predicted octanol–water partition coefficient (Wildman–Crippen LogP) is 4.80. The monoisotopic (exact) mass is 504 g/mol. The fraction of sp³-hybridized carbons (Fsp3) is 0.267. The normalized spacial score (nSPS) is 18.0. The van der Waals surface area contributed by atoms with Crippen molar-refractivity contribution in [1.29, 1.82) is 0 Å². The maximum Gasteiger partial charge on any atom is 0.177 e. The zero-order chi connectivity index (χ0) is 25.9. The summed E-state index contributed by atoms with van der Waals surface area (Å²) >= 11 is 0. The van der Waals surface area contributed by atoms with E-state index in [1.165, 1.54) is 37.9 Å². The van der Waals surface area contributed by atoms with E-state index in [0.29, 0.717) is 0 Å². The lowest BCUT2D eigenvalue weighted by molar-refractivity contribution is 0.221. The van der Waals surface area contributed by atoms with Gasteiger partial charge in [0.2, 0.25) is 0 Å². The number of aromatic nitrogens is 4. The smallest absolute Gasteiger partial charge is 0.177 e.